The van der Waals surface area contributed by atoms with Crippen LogP contribution in [0, 0.1) is 0 Å². The van der Waals surface area contributed by atoms with Crippen LogP contribution in [0.2, 0.25) is 0 Å². The molecule has 1 aromatic carbocycles. The van der Waals surface area contributed by atoms with E-state index in [1.54, 1.807) is 13.0 Å². The van der Waals surface area contributed by atoms with Crippen LogP contribution in [0.5, 0.6) is 11.5 Å². The molecule has 5 nitrogen and oxygen atoms in total. The maximum Gasteiger partial charge on any atom is 0.422 e. The zero-order valence-corrected chi connectivity index (χ0v) is 11.4. The molecule has 3 N–H and O–H groups in total. The molecule has 118 valence electrons. The van der Waals surface area contributed by atoms with E-state index in [0.717, 1.165) is 0 Å². The van der Waals surface area contributed by atoms with Crippen molar-refractivity contribution in [1.29, 1.82) is 0 Å². The van der Waals surface area contributed by atoms with E-state index < -0.39 is 18.7 Å². The average molecular weight is 306 g/mol. The lowest BCUT2D eigenvalue weighted by atomic mass is 10.3. The molecule has 0 unspecified atom stereocenters. The van der Waals surface area contributed by atoms with Crippen LogP contribution < -0.4 is 20.5 Å². The Bertz CT molecular complexity index is 466. The molecule has 0 aromatic heterocycles. The third-order valence-electron chi connectivity index (χ3n) is 2.36. The van der Waals surface area contributed by atoms with Gasteiger partial charge in [-0.1, -0.05) is 12.1 Å². The van der Waals surface area contributed by atoms with Gasteiger partial charge in [0.15, 0.2) is 24.7 Å². The van der Waals surface area contributed by atoms with Gasteiger partial charge in [0, 0.05) is 12.6 Å². The number of hydrogen-bond acceptors (Lipinski definition) is 4. The van der Waals surface area contributed by atoms with Gasteiger partial charge in [0.1, 0.15) is 0 Å². The van der Waals surface area contributed by atoms with Gasteiger partial charge in [-0.15, -0.1) is 0 Å². The van der Waals surface area contributed by atoms with Crippen molar-refractivity contribution in [2.45, 2.75) is 19.1 Å². The zero-order valence-electron chi connectivity index (χ0n) is 11.4. The second kappa shape index (κ2) is 7.72. The van der Waals surface area contributed by atoms with Gasteiger partial charge in [-0.3, -0.25) is 4.79 Å². The Morgan fingerprint density at radius 1 is 1.29 bits per heavy atom. The molecule has 0 fully saturated rings. The predicted octanol–water partition coefficient (Wildman–Crippen LogP) is 1.47. The Hall–Kier alpha value is -1.96. The van der Waals surface area contributed by atoms with Crippen molar-refractivity contribution in [2.24, 2.45) is 5.73 Å². The van der Waals surface area contributed by atoms with Gasteiger partial charge in [-0.2, -0.15) is 13.2 Å². The van der Waals surface area contributed by atoms with E-state index in [0.29, 0.717) is 0 Å². The Balaban J connectivity index is 2.57. The van der Waals surface area contributed by atoms with E-state index in [9.17, 15) is 18.0 Å². The number of nitrogens with two attached hydrogens (primary N) is 1. The first kappa shape index (κ1) is 17.1. The third kappa shape index (κ3) is 6.84. The van der Waals surface area contributed by atoms with Crippen molar-refractivity contribution in [1.82, 2.24) is 5.32 Å². The molecule has 0 heterocycles. The number of benzene rings is 1. The highest BCUT2D eigenvalue weighted by atomic mass is 19.4. The maximum atomic E-state index is 12.1. The summed E-state index contributed by atoms with van der Waals surface area (Å²) in [4.78, 5) is 11.5. The van der Waals surface area contributed by atoms with Gasteiger partial charge in [-0.25, -0.2) is 0 Å². The van der Waals surface area contributed by atoms with Crippen LogP contribution in [0.1, 0.15) is 6.92 Å². The first-order valence-electron chi connectivity index (χ1n) is 6.22. The summed E-state index contributed by atoms with van der Waals surface area (Å²) < 4.78 is 46.2. The van der Waals surface area contributed by atoms with Crippen molar-refractivity contribution in [3.05, 3.63) is 24.3 Å². The van der Waals surface area contributed by atoms with Gasteiger partial charge in [0.25, 0.3) is 5.91 Å². The van der Waals surface area contributed by atoms with Crippen molar-refractivity contribution >= 4 is 5.91 Å². The van der Waals surface area contributed by atoms with E-state index in [1.165, 1.54) is 18.2 Å². The van der Waals surface area contributed by atoms with Gasteiger partial charge in [0.05, 0.1) is 0 Å². The highest BCUT2D eigenvalue weighted by Gasteiger charge is 2.29. The molecule has 1 rings (SSSR count). The van der Waals surface area contributed by atoms with Crippen LogP contribution in [0.25, 0.3) is 0 Å². The lowest BCUT2D eigenvalue weighted by molar-refractivity contribution is -0.153. The van der Waals surface area contributed by atoms with E-state index in [2.05, 4.69) is 10.1 Å². The smallest absolute Gasteiger partial charge is 0.422 e. The SMILES string of the molecule is C[C@@H](CN)NC(=O)COc1ccccc1OCC(F)(F)F. The Morgan fingerprint density at radius 3 is 2.38 bits per heavy atom. The number of carbonyl (C=O) groups excluding carboxylic acids is 1. The van der Waals surface area contributed by atoms with Crippen molar-refractivity contribution in [3.8, 4) is 11.5 Å². The van der Waals surface area contributed by atoms with Gasteiger partial charge in [-0.05, 0) is 19.1 Å². The Kier molecular flexibility index (Phi) is 6.29. The fraction of sp³-hybridized carbons (Fsp3) is 0.462. The maximum absolute atomic E-state index is 12.1. The number of ether oxygens (including phenoxy) is 2. The lowest BCUT2D eigenvalue weighted by Gasteiger charge is -2.15. The first-order valence-corrected chi connectivity index (χ1v) is 6.22. The predicted molar refractivity (Wildman–Crippen MR) is 70.1 cm³/mol. The summed E-state index contributed by atoms with van der Waals surface area (Å²) in [5.74, 6) is -0.426. The fourth-order valence-corrected chi connectivity index (χ4v) is 1.37. The molecule has 1 atom stereocenters. The molecule has 1 amide bonds. The molecular formula is C13H17F3N2O3. The molecule has 8 heteroatoms. The number of para-hydroxylation sites is 2. The molecule has 0 saturated heterocycles. The second-order valence-electron chi connectivity index (χ2n) is 4.34. The topological polar surface area (TPSA) is 73.6 Å². The van der Waals surface area contributed by atoms with E-state index in [4.69, 9.17) is 10.5 Å². The average Bonchev–Trinajstić information content (AvgIpc) is 2.42. The molecule has 0 spiro atoms. The molecular weight excluding hydrogens is 289 g/mol. The molecule has 0 aliphatic carbocycles. The monoisotopic (exact) mass is 306 g/mol. The highest BCUT2D eigenvalue weighted by Crippen LogP contribution is 2.28. The minimum atomic E-state index is -4.44. The molecule has 0 bridgehead atoms. The minimum absolute atomic E-state index is 0.0669. The van der Waals surface area contributed by atoms with Crippen LogP contribution in [-0.4, -0.2) is 37.9 Å². The molecule has 0 aliphatic heterocycles. The largest absolute Gasteiger partial charge is 0.480 e. The summed E-state index contributed by atoms with van der Waals surface area (Å²) in [6.45, 7) is 0.232. The normalized spacial score (nSPS) is 12.6. The van der Waals surface area contributed by atoms with E-state index in [-0.39, 0.29) is 30.7 Å². The molecule has 0 radical (unpaired) electrons. The molecule has 0 saturated carbocycles. The number of rotatable bonds is 7. The number of amides is 1. The van der Waals surface area contributed by atoms with Crippen LogP contribution >= 0.6 is 0 Å². The Morgan fingerprint density at radius 2 is 1.86 bits per heavy atom. The number of nitrogens with one attached hydrogen (secondary N) is 1. The summed E-state index contributed by atoms with van der Waals surface area (Å²) >= 11 is 0. The number of alkyl halides is 3. The van der Waals surface area contributed by atoms with Gasteiger partial charge >= 0.3 is 6.18 Å². The van der Waals surface area contributed by atoms with Crippen LogP contribution in [0.15, 0.2) is 24.3 Å². The number of carbonyl (C=O) groups is 1. The van der Waals surface area contributed by atoms with Crippen molar-refractivity contribution < 1.29 is 27.4 Å². The summed E-state index contributed by atoms with van der Waals surface area (Å²) in [7, 11) is 0. The first-order chi connectivity index (χ1) is 9.81. The third-order valence-corrected chi connectivity index (χ3v) is 2.36. The second-order valence-corrected chi connectivity index (χ2v) is 4.34. The Labute approximate surface area is 120 Å². The van der Waals surface area contributed by atoms with Crippen LogP contribution in [0.3, 0.4) is 0 Å². The minimum Gasteiger partial charge on any atom is -0.480 e. The lowest BCUT2D eigenvalue weighted by Crippen LogP contribution is -2.40. The van der Waals surface area contributed by atoms with Crippen LogP contribution in [-0.2, 0) is 4.79 Å². The number of hydrogen-bond donors (Lipinski definition) is 2. The van der Waals surface area contributed by atoms with Gasteiger partial charge < -0.3 is 20.5 Å². The fourth-order valence-electron chi connectivity index (χ4n) is 1.37. The summed E-state index contributed by atoms with van der Waals surface area (Å²) in [5.41, 5.74) is 5.35. The quantitative estimate of drug-likeness (QED) is 0.800. The molecule has 1 aromatic rings. The highest BCUT2D eigenvalue weighted by molar-refractivity contribution is 5.77. The summed E-state index contributed by atoms with van der Waals surface area (Å²) in [5, 5.41) is 2.57. The van der Waals surface area contributed by atoms with Crippen molar-refractivity contribution in [2.75, 3.05) is 19.8 Å². The van der Waals surface area contributed by atoms with Gasteiger partial charge in [0.2, 0.25) is 0 Å². The van der Waals surface area contributed by atoms with Crippen molar-refractivity contribution in [3.63, 3.8) is 0 Å². The molecule has 21 heavy (non-hydrogen) atoms. The van der Waals surface area contributed by atoms with Crippen LogP contribution in [0.4, 0.5) is 13.2 Å². The number of halogens is 3. The van der Waals surface area contributed by atoms with E-state index >= 15 is 0 Å². The zero-order chi connectivity index (χ0) is 15.9. The molecule has 0 aliphatic rings. The van der Waals surface area contributed by atoms with E-state index in [1.807, 2.05) is 0 Å². The standard InChI is InChI=1S/C13H17F3N2O3/c1-9(6-17)18-12(19)7-20-10-4-2-3-5-11(10)21-8-13(14,15)16/h2-5,9H,6-8,17H2,1H3,(H,18,19)/t9-/m0/s1. The summed E-state index contributed by atoms with van der Waals surface area (Å²) in [6.07, 6.45) is -4.44. The summed E-state index contributed by atoms with van der Waals surface area (Å²) in [6, 6.07) is 5.62.